The first-order valence-corrected chi connectivity index (χ1v) is 10.4. The average molecular weight is 404 g/mol. The monoisotopic (exact) mass is 403 g/mol. The quantitative estimate of drug-likeness (QED) is 0.314. The van der Waals surface area contributed by atoms with Crippen LogP contribution in [-0.4, -0.2) is 0 Å². The van der Waals surface area contributed by atoms with Crippen LogP contribution in [0.4, 0.5) is 10.1 Å². The number of anilines is 1. The molecular formula is C29H22FN. The summed E-state index contributed by atoms with van der Waals surface area (Å²) in [5.74, 6) is -0.216. The van der Waals surface area contributed by atoms with E-state index in [1.807, 2.05) is 12.1 Å². The third-order valence-corrected chi connectivity index (χ3v) is 5.58. The lowest BCUT2D eigenvalue weighted by atomic mass is 10.00. The standard InChI is InChI=1S/C29H22FN/c30-27-10-4-8-24(19-27)25-16-17-28-26(18-25)9-5-11-29(28)31-20-21-12-14-23(15-13-21)22-6-2-1-3-7-22/h1-19,31H,20H2. The van der Waals surface area contributed by atoms with Crippen LogP contribution in [0.1, 0.15) is 5.56 Å². The van der Waals surface area contributed by atoms with Crippen LogP contribution < -0.4 is 5.32 Å². The van der Waals surface area contributed by atoms with E-state index in [0.717, 1.165) is 34.1 Å². The van der Waals surface area contributed by atoms with Gasteiger partial charge >= 0.3 is 0 Å². The molecule has 0 aliphatic rings. The van der Waals surface area contributed by atoms with Gasteiger partial charge in [-0.25, -0.2) is 4.39 Å². The van der Waals surface area contributed by atoms with Gasteiger partial charge in [0.15, 0.2) is 0 Å². The number of rotatable bonds is 5. The lowest BCUT2D eigenvalue weighted by Gasteiger charge is -2.12. The maximum absolute atomic E-state index is 13.6. The SMILES string of the molecule is Fc1cccc(-c2ccc3c(NCc4ccc(-c5ccccc5)cc4)cccc3c2)c1. The van der Waals surface area contributed by atoms with E-state index in [4.69, 9.17) is 0 Å². The normalized spacial score (nSPS) is 10.9. The van der Waals surface area contributed by atoms with Gasteiger partial charge in [-0.3, -0.25) is 0 Å². The van der Waals surface area contributed by atoms with Crippen LogP contribution in [0.5, 0.6) is 0 Å². The Bertz CT molecular complexity index is 1320. The Morgan fingerprint density at radius 2 is 1.23 bits per heavy atom. The molecule has 1 N–H and O–H groups in total. The molecule has 0 atom stereocenters. The fourth-order valence-corrected chi connectivity index (χ4v) is 3.93. The summed E-state index contributed by atoms with van der Waals surface area (Å²) in [4.78, 5) is 0. The highest BCUT2D eigenvalue weighted by atomic mass is 19.1. The smallest absolute Gasteiger partial charge is 0.123 e. The highest BCUT2D eigenvalue weighted by Gasteiger charge is 2.05. The summed E-state index contributed by atoms with van der Waals surface area (Å²) in [5.41, 5.74) is 6.67. The minimum absolute atomic E-state index is 0.216. The molecule has 0 spiro atoms. The number of nitrogens with one attached hydrogen (secondary N) is 1. The summed E-state index contributed by atoms with van der Waals surface area (Å²) in [6.45, 7) is 0.750. The molecule has 0 radical (unpaired) electrons. The minimum atomic E-state index is -0.216. The molecule has 2 heteroatoms. The molecule has 150 valence electrons. The largest absolute Gasteiger partial charge is 0.380 e. The van der Waals surface area contributed by atoms with E-state index >= 15 is 0 Å². The van der Waals surface area contributed by atoms with Gasteiger partial charge in [0.05, 0.1) is 0 Å². The number of fused-ring (bicyclic) bond motifs is 1. The van der Waals surface area contributed by atoms with Crippen molar-refractivity contribution in [2.24, 2.45) is 0 Å². The zero-order valence-electron chi connectivity index (χ0n) is 17.1. The van der Waals surface area contributed by atoms with Crippen LogP contribution in [0.15, 0.2) is 115 Å². The molecule has 0 saturated carbocycles. The molecule has 0 unspecified atom stereocenters. The molecule has 5 aromatic rings. The van der Waals surface area contributed by atoms with E-state index in [2.05, 4.69) is 90.2 Å². The lowest BCUT2D eigenvalue weighted by Crippen LogP contribution is -2.00. The number of hydrogen-bond acceptors (Lipinski definition) is 1. The number of benzene rings is 5. The molecule has 0 aliphatic heterocycles. The Kier molecular flexibility index (Phi) is 5.20. The van der Waals surface area contributed by atoms with Gasteiger partial charge in [-0.2, -0.15) is 0 Å². The third kappa shape index (κ3) is 4.19. The molecule has 0 aromatic heterocycles. The second-order valence-corrected chi connectivity index (χ2v) is 7.67. The Balaban J connectivity index is 1.36. The van der Waals surface area contributed by atoms with Crippen LogP contribution in [0.2, 0.25) is 0 Å². The molecular weight excluding hydrogens is 381 g/mol. The third-order valence-electron chi connectivity index (χ3n) is 5.58. The lowest BCUT2D eigenvalue weighted by molar-refractivity contribution is 0.628. The Morgan fingerprint density at radius 1 is 0.548 bits per heavy atom. The van der Waals surface area contributed by atoms with Crippen molar-refractivity contribution >= 4 is 16.5 Å². The maximum atomic E-state index is 13.6. The topological polar surface area (TPSA) is 12.0 Å². The first-order valence-electron chi connectivity index (χ1n) is 10.4. The molecule has 31 heavy (non-hydrogen) atoms. The average Bonchev–Trinajstić information content (AvgIpc) is 2.83. The van der Waals surface area contributed by atoms with Crippen molar-refractivity contribution in [3.63, 3.8) is 0 Å². The zero-order valence-corrected chi connectivity index (χ0v) is 17.1. The van der Waals surface area contributed by atoms with Gasteiger partial charge < -0.3 is 5.32 Å². The fraction of sp³-hybridized carbons (Fsp3) is 0.0345. The van der Waals surface area contributed by atoms with E-state index in [0.29, 0.717) is 0 Å². The van der Waals surface area contributed by atoms with Crippen molar-refractivity contribution in [1.29, 1.82) is 0 Å². The van der Waals surface area contributed by atoms with Crippen LogP contribution in [0.3, 0.4) is 0 Å². The second kappa shape index (κ2) is 8.45. The molecule has 0 aliphatic carbocycles. The van der Waals surface area contributed by atoms with Gasteiger partial charge in [-0.15, -0.1) is 0 Å². The first-order chi connectivity index (χ1) is 15.3. The number of hydrogen-bond donors (Lipinski definition) is 1. The molecule has 0 saturated heterocycles. The predicted molar refractivity (Wildman–Crippen MR) is 129 cm³/mol. The van der Waals surface area contributed by atoms with Crippen LogP contribution in [0.25, 0.3) is 33.0 Å². The van der Waals surface area contributed by atoms with Crippen molar-refractivity contribution in [2.75, 3.05) is 5.32 Å². The van der Waals surface area contributed by atoms with Crippen LogP contribution in [-0.2, 0) is 6.54 Å². The molecule has 1 nitrogen and oxygen atoms in total. The highest BCUT2D eigenvalue weighted by molar-refractivity contribution is 5.96. The molecule has 0 amide bonds. The predicted octanol–water partition coefficient (Wildman–Crippen LogP) is 7.93. The Morgan fingerprint density at radius 3 is 2.03 bits per heavy atom. The highest BCUT2D eigenvalue weighted by Crippen LogP contribution is 2.29. The van der Waals surface area contributed by atoms with Gasteiger partial charge in [0.25, 0.3) is 0 Å². The zero-order chi connectivity index (χ0) is 21.0. The summed E-state index contributed by atoms with van der Waals surface area (Å²) in [5, 5.41) is 5.86. The minimum Gasteiger partial charge on any atom is -0.380 e. The second-order valence-electron chi connectivity index (χ2n) is 7.67. The fourth-order valence-electron chi connectivity index (χ4n) is 3.93. The Labute approximate surface area is 181 Å². The molecule has 5 aromatic carbocycles. The summed E-state index contributed by atoms with van der Waals surface area (Å²) in [6, 6.07) is 38.3. The van der Waals surface area contributed by atoms with Crippen molar-refractivity contribution in [2.45, 2.75) is 6.54 Å². The van der Waals surface area contributed by atoms with E-state index < -0.39 is 0 Å². The summed E-state index contributed by atoms with van der Waals surface area (Å²) < 4.78 is 13.6. The van der Waals surface area contributed by atoms with E-state index in [-0.39, 0.29) is 5.82 Å². The van der Waals surface area contributed by atoms with Crippen molar-refractivity contribution < 1.29 is 4.39 Å². The van der Waals surface area contributed by atoms with E-state index in [1.54, 1.807) is 12.1 Å². The summed E-state index contributed by atoms with van der Waals surface area (Å²) >= 11 is 0. The molecule has 0 bridgehead atoms. The van der Waals surface area contributed by atoms with E-state index in [9.17, 15) is 4.39 Å². The molecule has 0 heterocycles. The van der Waals surface area contributed by atoms with Crippen molar-refractivity contribution in [3.05, 3.63) is 127 Å². The van der Waals surface area contributed by atoms with Crippen LogP contribution >= 0.6 is 0 Å². The first kappa shape index (κ1) is 19.1. The molecule has 0 fully saturated rings. The Hall–Kier alpha value is -3.91. The van der Waals surface area contributed by atoms with Gasteiger partial charge in [-0.05, 0) is 57.5 Å². The maximum Gasteiger partial charge on any atom is 0.123 e. The van der Waals surface area contributed by atoms with E-state index in [1.165, 1.54) is 22.8 Å². The van der Waals surface area contributed by atoms with Gasteiger partial charge in [-0.1, -0.05) is 91.0 Å². The van der Waals surface area contributed by atoms with Crippen molar-refractivity contribution in [1.82, 2.24) is 0 Å². The van der Waals surface area contributed by atoms with Gasteiger partial charge in [0.2, 0.25) is 0 Å². The molecule has 5 rings (SSSR count). The summed E-state index contributed by atoms with van der Waals surface area (Å²) in [7, 11) is 0. The number of halogens is 1. The summed E-state index contributed by atoms with van der Waals surface area (Å²) in [6.07, 6.45) is 0. The van der Waals surface area contributed by atoms with Gasteiger partial charge in [0, 0.05) is 17.6 Å². The van der Waals surface area contributed by atoms with Gasteiger partial charge in [0.1, 0.15) is 5.82 Å². The van der Waals surface area contributed by atoms with Crippen LogP contribution in [0, 0.1) is 5.82 Å². The van der Waals surface area contributed by atoms with Crippen molar-refractivity contribution in [3.8, 4) is 22.3 Å².